The summed E-state index contributed by atoms with van der Waals surface area (Å²) in [5.74, 6) is 0. The number of benzene rings is 2. The second-order valence-electron chi connectivity index (χ2n) is 7.25. The van der Waals surface area contributed by atoms with Crippen LogP contribution in [-0.4, -0.2) is 55.2 Å². The van der Waals surface area contributed by atoms with Crippen LogP contribution in [0, 0.1) is 0 Å². The molecule has 0 bridgehead atoms. The maximum Gasteiger partial charge on any atom is 0.508 e. The van der Waals surface area contributed by atoms with Crippen LogP contribution in [0.25, 0.3) is 0 Å². The third-order valence-electron chi connectivity index (χ3n) is 5.44. The van der Waals surface area contributed by atoms with Crippen molar-refractivity contribution in [3.63, 3.8) is 0 Å². The van der Waals surface area contributed by atoms with Gasteiger partial charge in [0, 0.05) is 31.0 Å². The highest BCUT2D eigenvalue weighted by atomic mass is 16.8. The summed E-state index contributed by atoms with van der Waals surface area (Å²) >= 11 is 0. The molecule has 148 valence electrons. The molecule has 2 aromatic rings. The molecule has 2 aliphatic rings. The first-order valence-corrected chi connectivity index (χ1v) is 9.87. The predicted molar refractivity (Wildman–Crippen MR) is 107 cm³/mol. The molecule has 6 nitrogen and oxygen atoms in total. The number of fused-ring (bicyclic) bond motifs is 2. The van der Waals surface area contributed by atoms with Crippen molar-refractivity contribution < 1.29 is 19.4 Å². The highest BCUT2D eigenvalue weighted by Crippen LogP contribution is 2.35. The first-order chi connectivity index (χ1) is 13.7. The number of hydrogen-bond acceptors (Lipinski definition) is 5. The molecule has 28 heavy (non-hydrogen) atoms. The van der Waals surface area contributed by atoms with E-state index < -0.39 is 12.4 Å². The van der Waals surface area contributed by atoms with Crippen LogP contribution in [0.2, 0.25) is 0 Å². The maximum atomic E-state index is 10.7. The molecular weight excluding hydrogens is 356 g/mol. The summed E-state index contributed by atoms with van der Waals surface area (Å²) < 4.78 is 10.1. The Morgan fingerprint density at radius 1 is 1.04 bits per heavy atom. The van der Waals surface area contributed by atoms with Crippen LogP contribution < -0.4 is 4.90 Å². The largest absolute Gasteiger partial charge is 0.508 e. The van der Waals surface area contributed by atoms with E-state index in [1.165, 1.54) is 22.5 Å². The average molecular weight is 382 g/mol. The summed E-state index contributed by atoms with van der Waals surface area (Å²) in [6, 6.07) is 17.3. The summed E-state index contributed by atoms with van der Waals surface area (Å²) in [5.41, 5.74) is 5.36. The SMILES string of the molecule is O=C(O)OC1CN(CCCN2c3ccccc3CCc3ccccc32)CCO1. The fourth-order valence-corrected chi connectivity index (χ4v) is 4.12. The Bertz CT molecular complexity index is 778. The lowest BCUT2D eigenvalue weighted by atomic mass is 10.0. The normalized spacial score (nSPS) is 19.4. The zero-order valence-electron chi connectivity index (χ0n) is 15.9. The van der Waals surface area contributed by atoms with E-state index in [0.717, 1.165) is 38.9 Å². The van der Waals surface area contributed by atoms with Crippen LogP contribution in [0.4, 0.5) is 16.2 Å². The Morgan fingerprint density at radius 3 is 2.32 bits per heavy atom. The van der Waals surface area contributed by atoms with Crippen molar-refractivity contribution in [1.29, 1.82) is 0 Å². The van der Waals surface area contributed by atoms with Gasteiger partial charge in [0.1, 0.15) is 0 Å². The van der Waals surface area contributed by atoms with E-state index in [0.29, 0.717) is 13.2 Å². The molecule has 0 spiro atoms. The number of rotatable bonds is 5. The van der Waals surface area contributed by atoms with Crippen LogP contribution >= 0.6 is 0 Å². The molecule has 0 aromatic heterocycles. The zero-order chi connectivity index (χ0) is 19.3. The van der Waals surface area contributed by atoms with Crippen LogP contribution in [-0.2, 0) is 22.3 Å². The van der Waals surface area contributed by atoms with Gasteiger partial charge >= 0.3 is 6.16 Å². The predicted octanol–water partition coefficient (Wildman–Crippen LogP) is 3.67. The summed E-state index contributed by atoms with van der Waals surface area (Å²) in [7, 11) is 0. The Hall–Kier alpha value is -2.57. The molecule has 4 rings (SSSR count). The molecule has 0 amide bonds. The Morgan fingerprint density at radius 2 is 1.68 bits per heavy atom. The number of para-hydroxylation sites is 2. The molecule has 1 saturated heterocycles. The van der Waals surface area contributed by atoms with Crippen molar-refractivity contribution >= 4 is 17.5 Å². The van der Waals surface area contributed by atoms with E-state index in [9.17, 15) is 4.79 Å². The molecule has 0 radical (unpaired) electrons. The number of ether oxygens (including phenoxy) is 2. The zero-order valence-corrected chi connectivity index (χ0v) is 15.9. The number of morpholine rings is 1. The third kappa shape index (κ3) is 4.29. The summed E-state index contributed by atoms with van der Waals surface area (Å²) in [4.78, 5) is 15.4. The van der Waals surface area contributed by atoms with Crippen molar-refractivity contribution in [2.24, 2.45) is 0 Å². The first-order valence-electron chi connectivity index (χ1n) is 9.87. The fourth-order valence-electron chi connectivity index (χ4n) is 4.12. The van der Waals surface area contributed by atoms with E-state index in [4.69, 9.17) is 14.6 Å². The lowest BCUT2D eigenvalue weighted by Gasteiger charge is -2.33. The van der Waals surface area contributed by atoms with Crippen molar-refractivity contribution in [3.05, 3.63) is 59.7 Å². The molecule has 0 saturated carbocycles. The molecular formula is C22H26N2O4. The third-order valence-corrected chi connectivity index (χ3v) is 5.44. The second-order valence-corrected chi connectivity index (χ2v) is 7.25. The minimum atomic E-state index is -1.29. The van der Waals surface area contributed by atoms with E-state index in [1.807, 2.05) is 0 Å². The molecule has 2 aliphatic heterocycles. The van der Waals surface area contributed by atoms with Crippen LogP contribution in [0.1, 0.15) is 17.5 Å². The molecule has 1 unspecified atom stereocenters. The molecule has 1 atom stereocenters. The molecule has 6 heteroatoms. The number of nitrogens with zero attached hydrogens (tertiary/aromatic N) is 2. The number of aryl methyl sites for hydroxylation is 2. The van der Waals surface area contributed by atoms with Crippen molar-refractivity contribution in [2.45, 2.75) is 25.6 Å². The lowest BCUT2D eigenvalue weighted by Crippen LogP contribution is -2.45. The summed E-state index contributed by atoms with van der Waals surface area (Å²) in [6.45, 7) is 3.57. The van der Waals surface area contributed by atoms with E-state index in [1.54, 1.807) is 0 Å². The standard InChI is InChI=1S/C22H26N2O4/c25-22(26)28-21-16-23(14-15-27-21)12-5-13-24-19-8-3-1-6-17(19)10-11-18-7-2-4-9-20(18)24/h1-4,6-9,21H,5,10-16H2,(H,25,26). The van der Waals surface area contributed by atoms with Crippen molar-refractivity contribution in [3.8, 4) is 0 Å². The van der Waals surface area contributed by atoms with Gasteiger partial charge in [-0.2, -0.15) is 0 Å². The molecule has 0 aliphatic carbocycles. The van der Waals surface area contributed by atoms with Crippen LogP contribution in [0.3, 0.4) is 0 Å². The number of anilines is 2. The fraction of sp³-hybridized carbons (Fsp3) is 0.409. The van der Waals surface area contributed by atoms with Gasteiger partial charge in [0.05, 0.1) is 13.2 Å². The topological polar surface area (TPSA) is 62.2 Å². The Labute approximate surface area is 165 Å². The van der Waals surface area contributed by atoms with Gasteiger partial charge in [-0.1, -0.05) is 36.4 Å². The van der Waals surface area contributed by atoms with Gasteiger partial charge in [-0.3, -0.25) is 4.90 Å². The van der Waals surface area contributed by atoms with Crippen LogP contribution in [0.15, 0.2) is 48.5 Å². The molecule has 1 fully saturated rings. The quantitative estimate of drug-likeness (QED) is 0.796. The van der Waals surface area contributed by atoms with E-state index in [-0.39, 0.29) is 0 Å². The highest BCUT2D eigenvalue weighted by molar-refractivity contribution is 5.71. The van der Waals surface area contributed by atoms with Gasteiger partial charge in [-0.15, -0.1) is 0 Å². The van der Waals surface area contributed by atoms with Gasteiger partial charge < -0.3 is 19.5 Å². The first kappa shape index (κ1) is 18.8. The second kappa shape index (κ2) is 8.63. The van der Waals surface area contributed by atoms with Gasteiger partial charge in [-0.05, 0) is 42.5 Å². The summed E-state index contributed by atoms with van der Waals surface area (Å²) in [5, 5.41) is 8.78. The van der Waals surface area contributed by atoms with Gasteiger partial charge in [0.15, 0.2) is 0 Å². The smallest absolute Gasteiger partial charge is 0.450 e. The van der Waals surface area contributed by atoms with Gasteiger partial charge in [0.2, 0.25) is 6.29 Å². The van der Waals surface area contributed by atoms with Crippen molar-refractivity contribution in [2.75, 3.05) is 37.7 Å². The molecule has 2 aromatic carbocycles. The molecule has 2 heterocycles. The highest BCUT2D eigenvalue weighted by Gasteiger charge is 2.24. The minimum absolute atomic E-state index is 0.486. The Balaban J connectivity index is 1.44. The summed E-state index contributed by atoms with van der Waals surface area (Å²) in [6.07, 6.45) is 1.11. The lowest BCUT2D eigenvalue weighted by molar-refractivity contribution is -0.156. The minimum Gasteiger partial charge on any atom is -0.450 e. The number of carboxylic acid groups (broad SMARTS) is 1. The monoisotopic (exact) mass is 382 g/mol. The maximum absolute atomic E-state index is 10.7. The van der Waals surface area contributed by atoms with E-state index in [2.05, 4.69) is 58.3 Å². The van der Waals surface area contributed by atoms with E-state index >= 15 is 0 Å². The average Bonchev–Trinajstić information content (AvgIpc) is 2.85. The Kier molecular flexibility index (Phi) is 5.78. The molecule has 1 N–H and O–H groups in total. The van der Waals surface area contributed by atoms with Gasteiger partial charge in [-0.25, -0.2) is 4.79 Å². The van der Waals surface area contributed by atoms with Gasteiger partial charge in [0.25, 0.3) is 0 Å². The van der Waals surface area contributed by atoms with Crippen LogP contribution in [0.5, 0.6) is 0 Å². The number of hydrogen-bond donors (Lipinski definition) is 1. The number of carbonyl (C=O) groups is 1. The van der Waals surface area contributed by atoms with Crippen molar-refractivity contribution in [1.82, 2.24) is 4.90 Å².